The molecule has 0 radical (unpaired) electrons. The van der Waals surface area contributed by atoms with Gasteiger partial charge in [0.15, 0.2) is 0 Å². The average molecular weight is 418 g/mol. The zero-order valence-electron chi connectivity index (χ0n) is 17.9. The lowest BCUT2D eigenvalue weighted by Gasteiger charge is -2.31. The molecule has 2 aromatic heterocycles. The third kappa shape index (κ3) is 3.39. The molecule has 0 unspecified atom stereocenters. The third-order valence-corrected chi connectivity index (χ3v) is 6.75. The number of H-pyrrole nitrogens is 1. The van der Waals surface area contributed by atoms with Crippen LogP contribution in [0.5, 0.6) is 0 Å². The van der Waals surface area contributed by atoms with Gasteiger partial charge in [-0.1, -0.05) is 6.07 Å². The van der Waals surface area contributed by atoms with Gasteiger partial charge in [0.25, 0.3) is 5.91 Å². The number of aromatic amines is 1. The minimum atomic E-state index is -0.551. The molecule has 0 bridgehead atoms. The quantitative estimate of drug-likeness (QED) is 0.707. The summed E-state index contributed by atoms with van der Waals surface area (Å²) in [5.41, 5.74) is 2.44. The Kier molecular flexibility index (Phi) is 4.78. The number of hydrogen-bond acceptors (Lipinski definition) is 4. The fraction of sp³-hybridized carbons (Fsp3) is 0.375. The van der Waals surface area contributed by atoms with Crippen molar-refractivity contribution in [3.63, 3.8) is 0 Å². The molecule has 0 spiro atoms. The van der Waals surface area contributed by atoms with Crippen molar-refractivity contribution in [2.45, 2.75) is 6.54 Å². The van der Waals surface area contributed by atoms with Gasteiger partial charge in [0.2, 0.25) is 5.91 Å². The van der Waals surface area contributed by atoms with E-state index in [1.165, 1.54) is 10.9 Å². The molecule has 1 N–H and O–H groups in total. The topological polar surface area (TPSA) is 72.5 Å². The fourth-order valence-corrected chi connectivity index (χ4v) is 5.33. The van der Waals surface area contributed by atoms with Gasteiger partial charge >= 0.3 is 0 Å². The van der Waals surface area contributed by atoms with E-state index >= 15 is 0 Å². The fourth-order valence-electron chi connectivity index (χ4n) is 5.33. The number of rotatable bonds is 4. The number of fused-ring (bicyclic) bond motifs is 2. The van der Waals surface area contributed by atoms with E-state index in [0.29, 0.717) is 25.2 Å². The lowest BCUT2D eigenvalue weighted by molar-refractivity contribution is -0.139. The van der Waals surface area contributed by atoms with Crippen LogP contribution >= 0.6 is 0 Å². The number of amides is 2. The van der Waals surface area contributed by atoms with E-state index < -0.39 is 5.41 Å². The first-order valence-electron chi connectivity index (χ1n) is 10.7. The molecule has 2 amide bonds. The van der Waals surface area contributed by atoms with Crippen molar-refractivity contribution in [1.29, 1.82) is 0 Å². The predicted octanol–water partition coefficient (Wildman–Crippen LogP) is 2.23. The van der Waals surface area contributed by atoms with Gasteiger partial charge < -0.3 is 14.8 Å². The van der Waals surface area contributed by atoms with Crippen molar-refractivity contribution in [3.8, 4) is 0 Å². The molecule has 7 heteroatoms. The Bertz CT molecular complexity index is 1130. The average Bonchev–Trinajstić information content (AvgIpc) is 3.45. The number of carbonyl (C=O) groups excluding carboxylic acids is 2. The van der Waals surface area contributed by atoms with Crippen molar-refractivity contribution < 1.29 is 9.59 Å². The molecule has 3 aromatic rings. The number of benzene rings is 1. The lowest BCUT2D eigenvalue weighted by atomic mass is 9.80. The molecule has 2 aliphatic heterocycles. The molecule has 2 atom stereocenters. The summed E-state index contributed by atoms with van der Waals surface area (Å²) in [6, 6.07) is 12.0. The molecule has 2 aliphatic rings. The van der Waals surface area contributed by atoms with Crippen LogP contribution in [0, 0.1) is 11.3 Å². The highest BCUT2D eigenvalue weighted by Gasteiger charge is 2.58. The second-order valence-electron chi connectivity index (χ2n) is 9.04. The third-order valence-electron chi connectivity index (χ3n) is 6.75. The van der Waals surface area contributed by atoms with Gasteiger partial charge in [-0.3, -0.25) is 19.5 Å². The first-order valence-corrected chi connectivity index (χ1v) is 10.7. The highest BCUT2D eigenvalue weighted by atomic mass is 16.2. The van der Waals surface area contributed by atoms with Gasteiger partial charge in [0, 0.05) is 82.4 Å². The first kappa shape index (κ1) is 19.8. The molecule has 1 aromatic carbocycles. The van der Waals surface area contributed by atoms with E-state index in [1.54, 1.807) is 29.4 Å². The summed E-state index contributed by atoms with van der Waals surface area (Å²) < 4.78 is 0. The lowest BCUT2D eigenvalue weighted by Crippen LogP contribution is -2.47. The zero-order chi connectivity index (χ0) is 21.6. The predicted molar refractivity (Wildman–Crippen MR) is 118 cm³/mol. The van der Waals surface area contributed by atoms with E-state index in [-0.39, 0.29) is 17.7 Å². The summed E-state index contributed by atoms with van der Waals surface area (Å²) in [4.78, 5) is 39.5. The van der Waals surface area contributed by atoms with Crippen molar-refractivity contribution >= 4 is 22.7 Å². The number of nitrogens with zero attached hydrogens (tertiary/aromatic N) is 4. The zero-order valence-corrected chi connectivity index (χ0v) is 17.9. The van der Waals surface area contributed by atoms with Crippen LogP contribution in [0.1, 0.15) is 15.9 Å². The Hall–Kier alpha value is -3.19. The number of hydrogen-bond donors (Lipinski definition) is 1. The second-order valence-corrected chi connectivity index (χ2v) is 9.04. The highest BCUT2D eigenvalue weighted by Crippen LogP contribution is 2.44. The van der Waals surface area contributed by atoms with Gasteiger partial charge in [0.05, 0.1) is 5.41 Å². The number of pyridine rings is 1. The van der Waals surface area contributed by atoms with Crippen molar-refractivity contribution in [2.24, 2.45) is 11.3 Å². The number of aromatic nitrogens is 2. The summed E-state index contributed by atoms with van der Waals surface area (Å²) >= 11 is 0. The summed E-state index contributed by atoms with van der Waals surface area (Å²) in [5, 5.41) is 1.20. The summed E-state index contributed by atoms with van der Waals surface area (Å²) in [6.07, 6.45) is 5.22. The van der Waals surface area contributed by atoms with Crippen LogP contribution in [0.15, 0.2) is 55.0 Å². The molecule has 2 fully saturated rings. The maximum atomic E-state index is 13.3. The molecule has 4 heterocycles. The largest absolute Gasteiger partial charge is 0.361 e. The molecule has 0 saturated carbocycles. The Morgan fingerprint density at radius 1 is 1.13 bits per heavy atom. The van der Waals surface area contributed by atoms with Crippen LogP contribution < -0.4 is 0 Å². The highest BCUT2D eigenvalue weighted by molar-refractivity contribution is 5.95. The summed E-state index contributed by atoms with van der Waals surface area (Å²) in [5.74, 6) is 0.225. The SMILES string of the molecule is CN(C)C(=O)[C@@]12CN(Cc3ccc4[nH]ccc4c3)C[C@@H]1CN(C(=O)c1ccncc1)C2. The van der Waals surface area contributed by atoms with Crippen molar-refractivity contribution in [1.82, 2.24) is 24.7 Å². The second kappa shape index (κ2) is 7.50. The van der Waals surface area contributed by atoms with E-state index in [1.807, 2.05) is 25.2 Å². The van der Waals surface area contributed by atoms with E-state index in [0.717, 1.165) is 18.6 Å². The summed E-state index contributed by atoms with van der Waals surface area (Å²) in [7, 11) is 3.62. The minimum Gasteiger partial charge on any atom is -0.361 e. The van der Waals surface area contributed by atoms with Gasteiger partial charge in [-0.25, -0.2) is 0 Å². The van der Waals surface area contributed by atoms with Crippen LogP contribution in [-0.4, -0.2) is 76.8 Å². The number of likely N-dealkylation sites (tertiary alicyclic amines) is 2. The van der Waals surface area contributed by atoms with E-state index in [9.17, 15) is 9.59 Å². The first-order chi connectivity index (χ1) is 15.0. The van der Waals surface area contributed by atoms with Crippen molar-refractivity contribution in [3.05, 3.63) is 66.1 Å². The van der Waals surface area contributed by atoms with Gasteiger partial charge in [0.1, 0.15) is 0 Å². The minimum absolute atomic E-state index is 0.0211. The Labute approximate surface area is 181 Å². The molecule has 7 nitrogen and oxygen atoms in total. The molecular weight excluding hydrogens is 390 g/mol. The van der Waals surface area contributed by atoms with Crippen LogP contribution in [0.2, 0.25) is 0 Å². The van der Waals surface area contributed by atoms with Gasteiger partial charge in [-0.2, -0.15) is 0 Å². The number of nitrogens with one attached hydrogen (secondary N) is 1. The smallest absolute Gasteiger partial charge is 0.254 e. The molecule has 31 heavy (non-hydrogen) atoms. The van der Waals surface area contributed by atoms with Crippen molar-refractivity contribution in [2.75, 3.05) is 40.3 Å². The Balaban J connectivity index is 1.37. The standard InChI is InChI=1S/C24H27N5O2/c1-27(2)23(31)24-15-28(12-17-3-4-21-19(11-17)7-10-26-21)13-20(24)14-29(16-24)22(30)18-5-8-25-9-6-18/h3-11,20,26H,12-16H2,1-2H3/t20-,24-/m1/s1. The maximum Gasteiger partial charge on any atom is 0.254 e. The van der Waals surface area contributed by atoms with E-state index in [4.69, 9.17) is 0 Å². The van der Waals surface area contributed by atoms with Crippen LogP contribution in [0.4, 0.5) is 0 Å². The summed E-state index contributed by atoms with van der Waals surface area (Å²) in [6.45, 7) is 3.35. The normalized spacial score (nSPS) is 23.3. The number of carbonyl (C=O) groups is 2. The van der Waals surface area contributed by atoms with Crippen LogP contribution in [0.25, 0.3) is 10.9 Å². The maximum absolute atomic E-state index is 13.3. The van der Waals surface area contributed by atoms with Crippen LogP contribution in [-0.2, 0) is 11.3 Å². The monoisotopic (exact) mass is 417 g/mol. The molecule has 2 saturated heterocycles. The van der Waals surface area contributed by atoms with Gasteiger partial charge in [-0.15, -0.1) is 0 Å². The van der Waals surface area contributed by atoms with E-state index in [2.05, 4.69) is 39.1 Å². The molecule has 160 valence electrons. The molecular formula is C24H27N5O2. The Morgan fingerprint density at radius 2 is 1.94 bits per heavy atom. The molecule has 5 rings (SSSR count). The van der Waals surface area contributed by atoms with Crippen LogP contribution in [0.3, 0.4) is 0 Å². The van der Waals surface area contributed by atoms with Gasteiger partial charge in [-0.05, 0) is 41.3 Å². The molecule has 0 aliphatic carbocycles. The Morgan fingerprint density at radius 3 is 2.71 bits per heavy atom.